The third-order valence-corrected chi connectivity index (χ3v) is 5.59. The smallest absolute Gasteiger partial charge is 0.306 e. The highest BCUT2D eigenvalue weighted by Crippen LogP contribution is 2.28. The Morgan fingerprint density at radius 2 is 1.88 bits per heavy atom. The highest BCUT2D eigenvalue weighted by molar-refractivity contribution is 5.89. The summed E-state index contributed by atoms with van der Waals surface area (Å²) in [6.45, 7) is 5.79. The Balaban J connectivity index is 1.58. The third-order valence-electron chi connectivity index (χ3n) is 5.59. The summed E-state index contributed by atoms with van der Waals surface area (Å²) in [6.07, 6.45) is 0.730. The van der Waals surface area contributed by atoms with Crippen molar-refractivity contribution in [1.82, 2.24) is 9.80 Å². The number of rotatable bonds is 4. The Morgan fingerprint density at radius 3 is 2.50 bits per heavy atom. The zero-order valence-electron chi connectivity index (χ0n) is 15.4. The molecule has 26 heavy (non-hydrogen) atoms. The molecule has 3 unspecified atom stereocenters. The van der Waals surface area contributed by atoms with Gasteiger partial charge in [0.25, 0.3) is 0 Å². The summed E-state index contributed by atoms with van der Waals surface area (Å²) >= 11 is 0. The van der Waals surface area contributed by atoms with Crippen molar-refractivity contribution < 1.29 is 19.5 Å². The topological polar surface area (TPSA) is 77.9 Å². The van der Waals surface area contributed by atoms with Gasteiger partial charge in [0.05, 0.1) is 11.8 Å². The molecule has 2 heterocycles. The SMILES string of the molecule is Cc1ccc(CN2CC(C(=O)N3CCC(C(=O)O)C(C)C3)CC2=O)cc1. The largest absolute Gasteiger partial charge is 0.481 e. The van der Waals surface area contributed by atoms with Gasteiger partial charge in [-0.2, -0.15) is 0 Å². The molecule has 0 bridgehead atoms. The number of aryl methyl sites for hydroxylation is 1. The van der Waals surface area contributed by atoms with Crippen LogP contribution in [0.5, 0.6) is 0 Å². The normalized spacial score (nSPS) is 26.2. The fourth-order valence-electron chi connectivity index (χ4n) is 3.98. The van der Waals surface area contributed by atoms with Gasteiger partial charge in [0.2, 0.25) is 11.8 Å². The van der Waals surface area contributed by atoms with Crippen LogP contribution in [-0.4, -0.2) is 52.3 Å². The van der Waals surface area contributed by atoms with Crippen molar-refractivity contribution in [3.63, 3.8) is 0 Å². The lowest BCUT2D eigenvalue weighted by Gasteiger charge is -2.36. The van der Waals surface area contributed by atoms with Crippen LogP contribution < -0.4 is 0 Å². The monoisotopic (exact) mass is 358 g/mol. The van der Waals surface area contributed by atoms with Crippen molar-refractivity contribution in [1.29, 1.82) is 0 Å². The maximum absolute atomic E-state index is 12.8. The number of aliphatic carboxylic acids is 1. The van der Waals surface area contributed by atoms with E-state index in [1.165, 1.54) is 5.56 Å². The summed E-state index contributed by atoms with van der Waals surface area (Å²) in [5.41, 5.74) is 2.24. The van der Waals surface area contributed by atoms with E-state index in [1.807, 2.05) is 38.1 Å². The maximum atomic E-state index is 12.8. The molecule has 3 rings (SSSR count). The Bertz CT molecular complexity index is 700. The molecule has 1 aromatic carbocycles. The lowest BCUT2D eigenvalue weighted by molar-refractivity contribution is -0.149. The summed E-state index contributed by atoms with van der Waals surface area (Å²) in [7, 11) is 0. The first-order valence-corrected chi connectivity index (χ1v) is 9.20. The minimum Gasteiger partial charge on any atom is -0.481 e. The van der Waals surface area contributed by atoms with Crippen LogP contribution in [0.3, 0.4) is 0 Å². The Kier molecular flexibility index (Phi) is 5.30. The Hall–Kier alpha value is -2.37. The Morgan fingerprint density at radius 1 is 1.19 bits per heavy atom. The van der Waals surface area contributed by atoms with E-state index in [1.54, 1.807) is 9.80 Å². The van der Waals surface area contributed by atoms with Crippen LogP contribution in [-0.2, 0) is 20.9 Å². The highest BCUT2D eigenvalue weighted by atomic mass is 16.4. The number of carbonyl (C=O) groups excluding carboxylic acids is 2. The van der Waals surface area contributed by atoms with Crippen LogP contribution in [0.1, 0.15) is 30.9 Å². The van der Waals surface area contributed by atoms with Gasteiger partial charge in [0, 0.05) is 32.6 Å². The number of likely N-dealkylation sites (tertiary alicyclic amines) is 2. The van der Waals surface area contributed by atoms with Gasteiger partial charge in [-0.05, 0) is 24.8 Å². The van der Waals surface area contributed by atoms with E-state index in [0.29, 0.717) is 32.6 Å². The highest BCUT2D eigenvalue weighted by Gasteiger charge is 2.39. The molecular weight excluding hydrogens is 332 g/mol. The number of hydrogen-bond donors (Lipinski definition) is 1. The molecule has 0 aliphatic carbocycles. The molecule has 1 N–H and O–H groups in total. The van der Waals surface area contributed by atoms with E-state index in [2.05, 4.69) is 0 Å². The average Bonchev–Trinajstić information content (AvgIpc) is 2.96. The molecule has 0 spiro atoms. The van der Waals surface area contributed by atoms with Crippen molar-refractivity contribution >= 4 is 17.8 Å². The number of amides is 2. The van der Waals surface area contributed by atoms with Crippen molar-refractivity contribution in [2.24, 2.45) is 17.8 Å². The van der Waals surface area contributed by atoms with Crippen molar-refractivity contribution in [2.45, 2.75) is 33.2 Å². The van der Waals surface area contributed by atoms with Crippen LogP contribution in [0.15, 0.2) is 24.3 Å². The number of carboxylic acids is 1. The first-order valence-electron chi connectivity index (χ1n) is 9.20. The van der Waals surface area contributed by atoms with E-state index in [-0.39, 0.29) is 36.0 Å². The molecule has 2 fully saturated rings. The van der Waals surface area contributed by atoms with Crippen LogP contribution in [0.2, 0.25) is 0 Å². The summed E-state index contributed by atoms with van der Waals surface area (Å²) in [5.74, 6) is -1.56. The molecule has 2 amide bonds. The van der Waals surface area contributed by atoms with E-state index in [4.69, 9.17) is 0 Å². The van der Waals surface area contributed by atoms with Crippen molar-refractivity contribution in [3.8, 4) is 0 Å². The third kappa shape index (κ3) is 3.89. The van der Waals surface area contributed by atoms with E-state index >= 15 is 0 Å². The van der Waals surface area contributed by atoms with Gasteiger partial charge >= 0.3 is 5.97 Å². The summed E-state index contributed by atoms with van der Waals surface area (Å²) in [6, 6.07) is 8.06. The van der Waals surface area contributed by atoms with Crippen LogP contribution in [0.25, 0.3) is 0 Å². The molecule has 6 nitrogen and oxygen atoms in total. The molecular formula is C20H26N2O4. The fraction of sp³-hybridized carbons (Fsp3) is 0.550. The number of nitrogens with zero attached hydrogens (tertiary/aromatic N) is 2. The second-order valence-electron chi connectivity index (χ2n) is 7.66. The lowest BCUT2D eigenvalue weighted by Crippen LogP contribution is -2.47. The number of hydrogen-bond acceptors (Lipinski definition) is 3. The standard InChI is InChI=1S/C20H26N2O4/c1-13-3-5-15(6-4-13)11-22-12-16(9-18(22)23)19(24)21-8-7-17(20(25)26)14(2)10-21/h3-6,14,16-17H,7-12H2,1-2H3,(H,25,26). The van der Waals surface area contributed by atoms with Crippen molar-refractivity contribution in [3.05, 3.63) is 35.4 Å². The molecule has 1 aromatic rings. The Labute approximate surface area is 153 Å². The van der Waals surface area contributed by atoms with Gasteiger partial charge in [-0.15, -0.1) is 0 Å². The van der Waals surface area contributed by atoms with Crippen LogP contribution in [0, 0.1) is 24.7 Å². The molecule has 3 atom stereocenters. The van der Waals surface area contributed by atoms with Gasteiger partial charge in [-0.1, -0.05) is 36.8 Å². The second kappa shape index (κ2) is 7.48. The first kappa shape index (κ1) is 18.4. The molecule has 6 heteroatoms. The summed E-state index contributed by atoms with van der Waals surface area (Å²) in [5, 5.41) is 9.22. The summed E-state index contributed by atoms with van der Waals surface area (Å²) in [4.78, 5) is 39.9. The van der Waals surface area contributed by atoms with Crippen molar-refractivity contribution in [2.75, 3.05) is 19.6 Å². The minimum absolute atomic E-state index is 0.0115. The predicted molar refractivity (Wildman–Crippen MR) is 96.2 cm³/mol. The maximum Gasteiger partial charge on any atom is 0.306 e. The first-order chi connectivity index (χ1) is 12.3. The molecule has 2 aliphatic heterocycles. The number of benzene rings is 1. The zero-order chi connectivity index (χ0) is 18.8. The second-order valence-corrected chi connectivity index (χ2v) is 7.66. The van der Waals surface area contributed by atoms with Crippen LogP contribution >= 0.6 is 0 Å². The minimum atomic E-state index is -0.787. The number of piperidine rings is 1. The van der Waals surface area contributed by atoms with Gasteiger partial charge in [-0.3, -0.25) is 14.4 Å². The predicted octanol–water partition coefficient (Wildman–Crippen LogP) is 1.91. The van der Waals surface area contributed by atoms with Gasteiger partial charge < -0.3 is 14.9 Å². The molecule has 0 aromatic heterocycles. The molecule has 2 saturated heterocycles. The van der Waals surface area contributed by atoms with E-state index in [0.717, 1.165) is 5.56 Å². The molecule has 2 aliphatic rings. The quantitative estimate of drug-likeness (QED) is 0.892. The molecule has 140 valence electrons. The van der Waals surface area contributed by atoms with E-state index in [9.17, 15) is 19.5 Å². The number of carboxylic acid groups (broad SMARTS) is 1. The van der Waals surface area contributed by atoms with Crippen LogP contribution in [0.4, 0.5) is 0 Å². The van der Waals surface area contributed by atoms with Gasteiger partial charge in [-0.25, -0.2) is 0 Å². The molecule has 0 saturated carbocycles. The average molecular weight is 358 g/mol. The summed E-state index contributed by atoms with van der Waals surface area (Å²) < 4.78 is 0. The van der Waals surface area contributed by atoms with Gasteiger partial charge in [0.1, 0.15) is 0 Å². The van der Waals surface area contributed by atoms with E-state index < -0.39 is 5.97 Å². The fourth-order valence-corrected chi connectivity index (χ4v) is 3.98. The van der Waals surface area contributed by atoms with Gasteiger partial charge in [0.15, 0.2) is 0 Å². The molecule has 0 radical (unpaired) electrons. The number of carbonyl (C=O) groups is 3. The lowest BCUT2D eigenvalue weighted by atomic mass is 9.86. The zero-order valence-corrected chi connectivity index (χ0v) is 15.4.